The SMILES string of the molecule is NC(=O)CSc1ccccc1C(=O)N1CCC2(CC1)CC2C(=O)O. The number of hydrogen-bond acceptors (Lipinski definition) is 4. The molecular weight excluding hydrogens is 328 g/mol. The van der Waals surface area contributed by atoms with Gasteiger partial charge in [0.05, 0.1) is 17.2 Å². The summed E-state index contributed by atoms with van der Waals surface area (Å²) in [6.07, 6.45) is 2.22. The third kappa shape index (κ3) is 3.26. The fourth-order valence-corrected chi connectivity index (χ4v) is 4.28. The van der Waals surface area contributed by atoms with Crippen LogP contribution in [0.1, 0.15) is 29.6 Å². The Morgan fingerprint density at radius 3 is 2.50 bits per heavy atom. The fraction of sp³-hybridized carbons (Fsp3) is 0.471. The average molecular weight is 348 g/mol. The molecule has 1 aliphatic carbocycles. The highest BCUT2D eigenvalue weighted by molar-refractivity contribution is 8.00. The summed E-state index contributed by atoms with van der Waals surface area (Å²) in [6.45, 7) is 1.16. The second kappa shape index (κ2) is 6.47. The first-order valence-corrected chi connectivity index (χ1v) is 8.94. The monoisotopic (exact) mass is 348 g/mol. The Hall–Kier alpha value is -2.02. The van der Waals surface area contributed by atoms with Gasteiger partial charge in [0.2, 0.25) is 5.91 Å². The van der Waals surface area contributed by atoms with E-state index in [0.29, 0.717) is 18.7 Å². The quantitative estimate of drug-likeness (QED) is 0.787. The first-order chi connectivity index (χ1) is 11.4. The predicted octanol–water partition coefficient (Wildman–Crippen LogP) is 1.59. The number of carbonyl (C=O) groups excluding carboxylic acids is 2. The van der Waals surface area contributed by atoms with E-state index in [1.807, 2.05) is 12.1 Å². The van der Waals surface area contributed by atoms with Gasteiger partial charge in [-0.3, -0.25) is 14.4 Å². The minimum absolute atomic E-state index is 0.0649. The van der Waals surface area contributed by atoms with Gasteiger partial charge in [-0.25, -0.2) is 0 Å². The summed E-state index contributed by atoms with van der Waals surface area (Å²) in [5.74, 6) is -1.31. The molecule has 1 aromatic rings. The Bertz CT molecular complexity index is 683. The number of carboxylic acids is 1. The Balaban J connectivity index is 1.66. The maximum absolute atomic E-state index is 12.8. The van der Waals surface area contributed by atoms with Crippen LogP contribution in [0.3, 0.4) is 0 Å². The van der Waals surface area contributed by atoms with Crippen molar-refractivity contribution in [1.82, 2.24) is 4.90 Å². The summed E-state index contributed by atoms with van der Waals surface area (Å²) in [6, 6.07) is 7.20. The molecule has 1 spiro atoms. The molecular formula is C17H20N2O4S. The first kappa shape index (κ1) is 16.8. The number of nitrogens with zero attached hydrogens (tertiary/aromatic N) is 1. The van der Waals surface area contributed by atoms with Crippen LogP contribution >= 0.6 is 11.8 Å². The molecule has 1 saturated heterocycles. The van der Waals surface area contributed by atoms with Crippen LogP contribution in [0.2, 0.25) is 0 Å². The number of primary amides is 1. The molecule has 7 heteroatoms. The normalized spacial score (nSPS) is 21.5. The second-order valence-electron chi connectivity index (χ2n) is 6.50. The molecule has 3 N–H and O–H groups in total. The maximum atomic E-state index is 12.8. The number of nitrogens with two attached hydrogens (primary N) is 1. The summed E-state index contributed by atoms with van der Waals surface area (Å²) in [5.41, 5.74) is 5.66. The minimum Gasteiger partial charge on any atom is -0.481 e. The van der Waals surface area contributed by atoms with E-state index in [-0.39, 0.29) is 23.0 Å². The number of carbonyl (C=O) groups is 3. The molecule has 2 fully saturated rings. The molecule has 0 radical (unpaired) electrons. The topological polar surface area (TPSA) is 101 Å². The molecule has 128 valence electrons. The van der Waals surface area contributed by atoms with Crippen LogP contribution < -0.4 is 5.73 Å². The number of amides is 2. The van der Waals surface area contributed by atoms with Crippen molar-refractivity contribution in [3.63, 3.8) is 0 Å². The number of likely N-dealkylation sites (tertiary alicyclic amines) is 1. The highest BCUT2D eigenvalue weighted by Crippen LogP contribution is 2.59. The predicted molar refractivity (Wildman–Crippen MR) is 89.7 cm³/mol. The smallest absolute Gasteiger partial charge is 0.307 e. The van der Waals surface area contributed by atoms with Gasteiger partial charge >= 0.3 is 5.97 Å². The van der Waals surface area contributed by atoms with Gasteiger partial charge in [0.15, 0.2) is 0 Å². The molecule has 0 aromatic heterocycles. The maximum Gasteiger partial charge on any atom is 0.307 e. The summed E-state index contributed by atoms with van der Waals surface area (Å²) in [4.78, 5) is 37.4. The van der Waals surface area contributed by atoms with E-state index < -0.39 is 11.9 Å². The van der Waals surface area contributed by atoms with E-state index in [9.17, 15) is 14.4 Å². The van der Waals surface area contributed by atoms with Gasteiger partial charge in [-0.05, 0) is 36.8 Å². The van der Waals surface area contributed by atoms with E-state index >= 15 is 0 Å². The lowest BCUT2D eigenvalue weighted by molar-refractivity contribution is -0.139. The standard InChI is InChI=1S/C17H20N2O4S/c18-14(20)10-24-13-4-2-1-3-11(13)15(21)19-7-5-17(6-8-19)9-12(17)16(22)23/h1-4,12H,5-10H2,(H2,18,20)(H,22,23). The zero-order valence-corrected chi connectivity index (χ0v) is 14.1. The van der Waals surface area contributed by atoms with Crippen molar-refractivity contribution in [2.24, 2.45) is 17.1 Å². The lowest BCUT2D eigenvalue weighted by Gasteiger charge is -2.33. The van der Waals surface area contributed by atoms with Gasteiger partial charge in [-0.2, -0.15) is 0 Å². The van der Waals surface area contributed by atoms with Crippen molar-refractivity contribution in [1.29, 1.82) is 0 Å². The van der Waals surface area contributed by atoms with E-state index in [0.717, 1.165) is 24.2 Å². The lowest BCUT2D eigenvalue weighted by Crippen LogP contribution is -2.40. The van der Waals surface area contributed by atoms with Gasteiger partial charge in [0.1, 0.15) is 0 Å². The number of aliphatic carboxylic acids is 1. The largest absolute Gasteiger partial charge is 0.481 e. The van der Waals surface area contributed by atoms with Crippen LogP contribution in [-0.4, -0.2) is 46.6 Å². The van der Waals surface area contributed by atoms with Crippen molar-refractivity contribution in [2.45, 2.75) is 24.2 Å². The van der Waals surface area contributed by atoms with Crippen molar-refractivity contribution in [3.05, 3.63) is 29.8 Å². The molecule has 1 unspecified atom stereocenters. The number of piperidine rings is 1. The molecule has 1 heterocycles. The molecule has 2 aliphatic rings. The molecule has 6 nitrogen and oxygen atoms in total. The van der Waals surface area contributed by atoms with Crippen LogP contribution in [0.4, 0.5) is 0 Å². The molecule has 24 heavy (non-hydrogen) atoms. The van der Waals surface area contributed by atoms with E-state index in [2.05, 4.69) is 0 Å². The molecule has 1 aliphatic heterocycles. The van der Waals surface area contributed by atoms with Crippen LogP contribution in [0.25, 0.3) is 0 Å². The summed E-state index contributed by atoms with van der Waals surface area (Å²) < 4.78 is 0. The van der Waals surface area contributed by atoms with E-state index in [4.69, 9.17) is 10.8 Å². The van der Waals surface area contributed by atoms with Crippen molar-refractivity contribution < 1.29 is 19.5 Å². The highest BCUT2D eigenvalue weighted by atomic mass is 32.2. The van der Waals surface area contributed by atoms with Crippen LogP contribution in [-0.2, 0) is 9.59 Å². The summed E-state index contributed by atoms with van der Waals surface area (Å²) in [5, 5.41) is 9.14. The minimum atomic E-state index is -0.719. The van der Waals surface area contributed by atoms with E-state index in [1.54, 1.807) is 17.0 Å². The number of carboxylic acid groups (broad SMARTS) is 1. The van der Waals surface area contributed by atoms with Crippen LogP contribution in [0, 0.1) is 11.3 Å². The number of benzene rings is 1. The highest BCUT2D eigenvalue weighted by Gasteiger charge is 2.59. The summed E-state index contributed by atoms with van der Waals surface area (Å²) >= 11 is 1.26. The summed E-state index contributed by atoms with van der Waals surface area (Å²) in [7, 11) is 0. The molecule has 3 rings (SSSR count). The van der Waals surface area contributed by atoms with Crippen molar-refractivity contribution in [2.75, 3.05) is 18.8 Å². The third-order valence-corrected chi connectivity index (χ3v) is 6.12. The Morgan fingerprint density at radius 1 is 1.25 bits per heavy atom. The number of rotatable bonds is 5. The first-order valence-electron chi connectivity index (χ1n) is 7.95. The zero-order chi connectivity index (χ0) is 17.3. The van der Waals surface area contributed by atoms with Gasteiger partial charge in [-0.1, -0.05) is 12.1 Å². The van der Waals surface area contributed by atoms with Crippen molar-refractivity contribution >= 4 is 29.5 Å². The number of thioether (sulfide) groups is 1. The second-order valence-corrected chi connectivity index (χ2v) is 7.52. The van der Waals surface area contributed by atoms with Gasteiger partial charge in [0.25, 0.3) is 5.91 Å². The molecule has 1 saturated carbocycles. The molecule has 1 atom stereocenters. The molecule has 0 bridgehead atoms. The Morgan fingerprint density at radius 2 is 1.92 bits per heavy atom. The van der Waals surface area contributed by atoms with Crippen LogP contribution in [0.5, 0.6) is 0 Å². The van der Waals surface area contributed by atoms with Gasteiger partial charge < -0.3 is 15.7 Å². The Labute approximate surface area is 144 Å². The van der Waals surface area contributed by atoms with Crippen molar-refractivity contribution in [3.8, 4) is 0 Å². The third-order valence-electron chi connectivity index (χ3n) is 5.02. The average Bonchev–Trinajstić information content (AvgIpc) is 3.27. The lowest BCUT2D eigenvalue weighted by atomic mass is 9.90. The number of hydrogen-bond donors (Lipinski definition) is 2. The van der Waals surface area contributed by atoms with Crippen LogP contribution in [0.15, 0.2) is 29.2 Å². The van der Waals surface area contributed by atoms with Gasteiger partial charge in [-0.15, -0.1) is 11.8 Å². The fourth-order valence-electron chi connectivity index (χ4n) is 3.49. The van der Waals surface area contributed by atoms with Gasteiger partial charge in [0, 0.05) is 18.0 Å². The Kier molecular flexibility index (Phi) is 4.54. The zero-order valence-electron chi connectivity index (χ0n) is 13.2. The molecule has 2 amide bonds. The molecule has 1 aromatic carbocycles. The van der Waals surface area contributed by atoms with E-state index in [1.165, 1.54) is 11.8 Å².